The minimum Gasteiger partial charge on any atom is -0.489 e. The highest BCUT2D eigenvalue weighted by Gasteiger charge is 2.06. The fraction of sp³-hybridized carbons (Fsp3) is 0.235. The maximum Gasteiger partial charge on any atom is 0.224 e. The number of hydrogen-bond acceptors (Lipinski definition) is 3. The van der Waals surface area contributed by atoms with Gasteiger partial charge in [0, 0.05) is 12.5 Å². The number of hydrogen-bond donors (Lipinski definition) is 2. The quantitative estimate of drug-likeness (QED) is 0.799. The van der Waals surface area contributed by atoms with Crippen molar-refractivity contribution in [1.29, 1.82) is 0 Å². The van der Waals surface area contributed by atoms with Gasteiger partial charge in [-0.15, -0.1) is 0 Å². The highest BCUT2D eigenvalue weighted by molar-refractivity contribution is 5.93. The van der Waals surface area contributed by atoms with Crippen LogP contribution in [0.3, 0.4) is 0 Å². The van der Waals surface area contributed by atoms with Crippen molar-refractivity contribution in [2.45, 2.75) is 26.4 Å². The lowest BCUT2D eigenvalue weighted by Gasteiger charge is -2.11. The summed E-state index contributed by atoms with van der Waals surface area (Å²) in [7, 11) is 0. The monoisotopic (exact) mass is 302 g/mol. The molecule has 4 nitrogen and oxygen atoms in total. The molecule has 0 atom stereocenters. The number of amides is 1. The van der Waals surface area contributed by atoms with Crippen LogP contribution in [-0.4, -0.2) is 5.91 Å². The molecule has 2 aromatic carbocycles. The molecule has 0 heterocycles. The van der Waals surface area contributed by atoms with Crippen LogP contribution in [0.25, 0.3) is 0 Å². The van der Waals surface area contributed by atoms with Crippen molar-refractivity contribution in [1.82, 2.24) is 0 Å². The van der Waals surface area contributed by atoms with E-state index in [4.69, 9.17) is 10.5 Å². The molecule has 0 bridgehead atoms. The lowest BCUT2D eigenvalue weighted by Crippen LogP contribution is -2.12. The molecule has 1 amide bonds. The van der Waals surface area contributed by atoms with Crippen molar-refractivity contribution in [2.75, 3.05) is 11.1 Å². The molecule has 22 heavy (non-hydrogen) atoms. The van der Waals surface area contributed by atoms with E-state index in [9.17, 15) is 9.18 Å². The second-order valence-electron chi connectivity index (χ2n) is 4.96. The van der Waals surface area contributed by atoms with E-state index in [0.29, 0.717) is 30.2 Å². The summed E-state index contributed by atoms with van der Waals surface area (Å²) < 4.78 is 18.4. The molecule has 5 heteroatoms. The number of nitrogen functional groups attached to an aromatic ring is 1. The average Bonchev–Trinajstić information content (AvgIpc) is 2.49. The van der Waals surface area contributed by atoms with Crippen molar-refractivity contribution in [3.8, 4) is 5.75 Å². The fourth-order valence-corrected chi connectivity index (χ4v) is 1.93. The Morgan fingerprint density at radius 1 is 1.23 bits per heavy atom. The van der Waals surface area contributed by atoms with Gasteiger partial charge in [-0.05, 0) is 36.2 Å². The maximum absolute atomic E-state index is 12.8. The zero-order valence-corrected chi connectivity index (χ0v) is 12.4. The van der Waals surface area contributed by atoms with Crippen LogP contribution in [0.15, 0.2) is 42.5 Å². The first-order valence-electron chi connectivity index (χ1n) is 7.15. The predicted molar refractivity (Wildman–Crippen MR) is 85.1 cm³/mol. The van der Waals surface area contributed by atoms with E-state index in [1.54, 1.807) is 30.3 Å². The molecular weight excluding hydrogens is 283 g/mol. The molecule has 2 rings (SSSR count). The van der Waals surface area contributed by atoms with Crippen molar-refractivity contribution < 1.29 is 13.9 Å². The van der Waals surface area contributed by atoms with E-state index in [0.717, 1.165) is 12.0 Å². The van der Waals surface area contributed by atoms with Crippen LogP contribution >= 0.6 is 0 Å². The van der Waals surface area contributed by atoms with Crippen molar-refractivity contribution in [2.24, 2.45) is 0 Å². The van der Waals surface area contributed by atoms with Gasteiger partial charge in [-0.2, -0.15) is 0 Å². The third-order valence-electron chi connectivity index (χ3n) is 3.09. The molecule has 0 aliphatic heterocycles. The van der Waals surface area contributed by atoms with Gasteiger partial charge in [0.1, 0.15) is 18.2 Å². The Labute approximate surface area is 129 Å². The molecule has 0 saturated carbocycles. The molecule has 0 spiro atoms. The van der Waals surface area contributed by atoms with Crippen molar-refractivity contribution in [3.05, 3.63) is 53.8 Å². The summed E-state index contributed by atoms with van der Waals surface area (Å²) in [4.78, 5) is 11.6. The van der Waals surface area contributed by atoms with Gasteiger partial charge in [0.15, 0.2) is 0 Å². The summed E-state index contributed by atoms with van der Waals surface area (Å²) in [6, 6.07) is 11.2. The molecule has 2 aromatic rings. The molecular formula is C17H19FN2O2. The maximum atomic E-state index is 12.8. The van der Waals surface area contributed by atoms with Gasteiger partial charge >= 0.3 is 0 Å². The van der Waals surface area contributed by atoms with Crippen LogP contribution in [0.5, 0.6) is 5.75 Å². The second-order valence-corrected chi connectivity index (χ2v) is 4.96. The Balaban J connectivity index is 1.97. The smallest absolute Gasteiger partial charge is 0.224 e. The number of nitrogens with one attached hydrogen (secondary N) is 1. The normalized spacial score (nSPS) is 10.3. The number of rotatable bonds is 6. The first-order valence-corrected chi connectivity index (χ1v) is 7.15. The van der Waals surface area contributed by atoms with Gasteiger partial charge in [0.2, 0.25) is 5.91 Å². The Morgan fingerprint density at radius 2 is 1.95 bits per heavy atom. The minimum absolute atomic E-state index is 0.0609. The Bertz CT molecular complexity index is 642. The molecule has 0 unspecified atom stereocenters. The fourth-order valence-electron chi connectivity index (χ4n) is 1.93. The summed E-state index contributed by atoms with van der Waals surface area (Å²) in [6.07, 6.45) is 1.24. The summed E-state index contributed by atoms with van der Waals surface area (Å²) in [5, 5.41) is 2.76. The van der Waals surface area contributed by atoms with E-state index in [2.05, 4.69) is 5.32 Å². The number of carbonyl (C=O) groups excluding carboxylic acids is 1. The second kappa shape index (κ2) is 7.45. The van der Waals surface area contributed by atoms with E-state index >= 15 is 0 Å². The van der Waals surface area contributed by atoms with Gasteiger partial charge in [-0.1, -0.05) is 19.1 Å². The molecule has 0 aromatic heterocycles. The molecule has 116 valence electrons. The topological polar surface area (TPSA) is 64.3 Å². The van der Waals surface area contributed by atoms with Crippen LogP contribution in [-0.2, 0) is 11.4 Å². The van der Waals surface area contributed by atoms with Gasteiger partial charge in [0.05, 0.1) is 11.4 Å². The third kappa shape index (κ3) is 4.48. The SMILES string of the molecule is CCCC(=O)Nc1ccc(OCc2ccc(F)cc2)cc1N. The number of halogens is 1. The van der Waals surface area contributed by atoms with Crippen LogP contribution < -0.4 is 15.8 Å². The zero-order valence-electron chi connectivity index (χ0n) is 12.4. The molecule has 0 aliphatic carbocycles. The van der Waals surface area contributed by atoms with E-state index in [1.807, 2.05) is 6.92 Å². The number of anilines is 2. The highest BCUT2D eigenvalue weighted by Crippen LogP contribution is 2.25. The Hall–Kier alpha value is -2.56. The molecule has 0 aliphatic rings. The van der Waals surface area contributed by atoms with E-state index in [1.165, 1.54) is 12.1 Å². The number of carbonyl (C=O) groups is 1. The molecule has 3 N–H and O–H groups in total. The largest absolute Gasteiger partial charge is 0.489 e. The standard InChI is InChI=1S/C17H19FN2O2/c1-2-3-17(21)20-16-9-8-14(10-15(16)19)22-11-12-4-6-13(18)7-5-12/h4-10H,2-3,11,19H2,1H3,(H,20,21). The van der Waals surface area contributed by atoms with Crippen LogP contribution in [0, 0.1) is 5.82 Å². The van der Waals surface area contributed by atoms with E-state index < -0.39 is 0 Å². The molecule has 0 radical (unpaired) electrons. The summed E-state index contributed by atoms with van der Waals surface area (Å²) in [5.41, 5.74) is 7.79. The Morgan fingerprint density at radius 3 is 2.59 bits per heavy atom. The lowest BCUT2D eigenvalue weighted by atomic mass is 10.2. The van der Waals surface area contributed by atoms with Crippen LogP contribution in [0.2, 0.25) is 0 Å². The summed E-state index contributed by atoms with van der Waals surface area (Å²) in [6.45, 7) is 2.26. The average molecular weight is 302 g/mol. The van der Waals surface area contributed by atoms with Gasteiger partial charge in [-0.25, -0.2) is 4.39 Å². The summed E-state index contributed by atoms with van der Waals surface area (Å²) in [5.74, 6) is 0.254. The van der Waals surface area contributed by atoms with Gasteiger partial charge in [-0.3, -0.25) is 4.79 Å². The molecule has 0 fully saturated rings. The third-order valence-corrected chi connectivity index (χ3v) is 3.09. The molecule has 0 saturated heterocycles. The van der Waals surface area contributed by atoms with E-state index in [-0.39, 0.29) is 11.7 Å². The number of ether oxygens (including phenoxy) is 1. The summed E-state index contributed by atoms with van der Waals surface area (Å²) >= 11 is 0. The number of nitrogens with two attached hydrogens (primary N) is 1. The minimum atomic E-state index is -0.278. The zero-order chi connectivity index (χ0) is 15.9. The first-order chi connectivity index (χ1) is 10.6. The highest BCUT2D eigenvalue weighted by atomic mass is 19.1. The van der Waals surface area contributed by atoms with Gasteiger partial charge < -0.3 is 15.8 Å². The number of benzene rings is 2. The Kier molecular flexibility index (Phi) is 5.36. The predicted octanol–water partition coefficient (Wildman–Crippen LogP) is 3.73. The van der Waals surface area contributed by atoms with Crippen LogP contribution in [0.4, 0.5) is 15.8 Å². The van der Waals surface area contributed by atoms with Crippen molar-refractivity contribution >= 4 is 17.3 Å². The van der Waals surface area contributed by atoms with Gasteiger partial charge in [0.25, 0.3) is 0 Å². The van der Waals surface area contributed by atoms with Crippen molar-refractivity contribution in [3.63, 3.8) is 0 Å². The van der Waals surface area contributed by atoms with Crippen LogP contribution in [0.1, 0.15) is 25.3 Å². The first kappa shape index (κ1) is 15.8. The lowest BCUT2D eigenvalue weighted by molar-refractivity contribution is -0.116.